The van der Waals surface area contributed by atoms with Crippen molar-refractivity contribution in [3.8, 4) is 0 Å². The van der Waals surface area contributed by atoms with Crippen LogP contribution >= 0.6 is 0 Å². The van der Waals surface area contributed by atoms with Crippen molar-refractivity contribution in [1.29, 1.82) is 0 Å². The van der Waals surface area contributed by atoms with E-state index in [0.29, 0.717) is 6.61 Å². The Morgan fingerprint density at radius 2 is 2.00 bits per heavy atom. The molecule has 0 bridgehead atoms. The predicted octanol–water partition coefficient (Wildman–Crippen LogP) is 2.66. The Morgan fingerprint density at radius 3 is 2.55 bits per heavy atom. The summed E-state index contributed by atoms with van der Waals surface area (Å²) in [5, 5.41) is 0. The van der Waals surface area contributed by atoms with Gasteiger partial charge >= 0.3 is 0 Å². The normalized spacial score (nSPS) is 9.18. The molecule has 0 aromatic heterocycles. The zero-order valence-electron chi connectivity index (χ0n) is 6.71. The summed E-state index contributed by atoms with van der Waals surface area (Å²) in [5.74, 6) is 0. The van der Waals surface area contributed by atoms with Crippen molar-refractivity contribution >= 4 is 0 Å². The Bertz CT molecular complexity index is 223. The minimum absolute atomic E-state index is 0.615. The van der Waals surface area contributed by atoms with Crippen LogP contribution in [0, 0.1) is 6.92 Å². The largest absolute Gasteiger partial charge is 0.497 e. The smallest absolute Gasteiger partial charge is 0.112 e. The molecular weight excluding hydrogens is 136 g/mol. The first-order valence-corrected chi connectivity index (χ1v) is 3.61. The van der Waals surface area contributed by atoms with Gasteiger partial charge in [0.15, 0.2) is 0 Å². The lowest BCUT2D eigenvalue weighted by atomic mass is 10.2. The molecular formula is C10H12O. The highest BCUT2D eigenvalue weighted by molar-refractivity contribution is 5.20. The van der Waals surface area contributed by atoms with E-state index in [0.717, 1.165) is 0 Å². The molecule has 1 rings (SSSR count). The van der Waals surface area contributed by atoms with Gasteiger partial charge in [0.1, 0.15) is 6.61 Å². The maximum absolute atomic E-state index is 5.02. The van der Waals surface area contributed by atoms with Crippen molar-refractivity contribution in [2.24, 2.45) is 0 Å². The van der Waals surface area contributed by atoms with Gasteiger partial charge in [-0.2, -0.15) is 0 Å². The molecule has 0 aliphatic rings. The lowest BCUT2D eigenvalue weighted by Crippen LogP contribution is -1.85. The number of ether oxygens (including phenoxy) is 1. The van der Waals surface area contributed by atoms with Crippen LogP contribution in [-0.4, -0.2) is 0 Å². The molecule has 1 aromatic rings. The lowest BCUT2D eigenvalue weighted by molar-refractivity contribution is 0.237. The summed E-state index contributed by atoms with van der Waals surface area (Å²) in [4.78, 5) is 0. The molecule has 1 aromatic carbocycles. The Balaban J connectivity index is 2.58. The van der Waals surface area contributed by atoms with E-state index in [1.165, 1.54) is 17.4 Å². The average Bonchev–Trinajstić information content (AvgIpc) is 2.04. The summed E-state index contributed by atoms with van der Waals surface area (Å²) in [6.45, 7) is 6.15. The van der Waals surface area contributed by atoms with Crippen LogP contribution < -0.4 is 0 Å². The number of hydrogen-bond donors (Lipinski definition) is 0. The third-order valence-electron chi connectivity index (χ3n) is 1.49. The molecule has 1 heteroatoms. The van der Waals surface area contributed by atoms with E-state index in [4.69, 9.17) is 4.74 Å². The van der Waals surface area contributed by atoms with Gasteiger partial charge < -0.3 is 4.74 Å². The van der Waals surface area contributed by atoms with Crippen LogP contribution in [0.5, 0.6) is 0 Å². The van der Waals surface area contributed by atoms with Crippen LogP contribution in [-0.2, 0) is 11.3 Å². The first-order valence-electron chi connectivity index (χ1n) is 3.61. The molecule has 0 aliphatic carbocycles. The predicted molar refractivity (Wildman–Crippen MR) is 46.2 cm³/mol. The number of benzene rings is 1. The van der Waals surface area contributed by atoms with Gasteiger partial charge in [0.25, 0.3) is 0 Å². The quantitative estimate of drug-likeness (QED) is 0.599. The van der Waals surface area contributed by atoms with Crippen LogP contribution in [0.2, 0.25) is 0 Å². The SMILES string of the molecule is C=COCc1ccc(C)cc1. The second-order valence-corrected chi connectivity index (χ2v) is 2.46. The molecule has 0 radical (unpaired) electrons. The number of aryl methyl sites for hydroxylation is 1. The Morgan fingerprint density at radius 1 is 1.36 bits per heavy atom. The van der Waals surface area contributed by atoms with Gasteiger partial charge in [-0.3, -0.25) is 0 Å². The maximum Gasteiger partial charge on any atom is 0.112 e. The lowest BCUT2D eigenvalue weighted by Gasteiger charge is -2.00. The molecule has 0 unspecified atom stereocenters. The fraction of sp³-hybridized carbons (Fsp3) is 0.200. The van der Waals surface area contributed by atoms with E-state index in [-0.39, 0.29) is 0 Å². The molecule has 0 spiro atoms. The highest BCUT2D eigenvalue weighted by Gasteiger charge is 1.89. The third kappa shape index (κ3) is 2.46. The van der Waals surface area contributed by atoms with Gasteiger partial charge in [-0.25, -0.2) is 0 Å². The van der Waals surface area contributed by atoms with Crippen LogP contribution in [0.15, 0.2) is 37.1 Å². The van der Waals surface area contributed by atoms with E-state index < -0.39 is 0 Å². The Kier molecular flexibility index (Phi) is 2.73. The summed E-state index contributed by atoms with van der Waals surface area (Å²) in [7, 11) is 0. The maximum atomic E-state index is 5.02. The fourth-order valence-corrected chi connectivity index (χ4v) is 0.839. The van der Waals surface area contributed by atoms with E-state index >= 15 is 0 Å². The van der Waals surface area contributed by atoms with Crippen molar-refractivity contribution in [2.75, 3.05) is 0 Å². The zero-order valence-corrected chi connectivity index (χ0v) is 6.71. The molecule has 0 heterocycles. The average molecular weight is 148 g/mol. The Labute approximate surface area is 67.3 Å². The summed E-state index contributed by atoms with van der Waals surface area (Å²) in [6, 6.07) is 8.25. The second kappa shape index (κ2) is 3.81. The first kappa shape index (κ1) is 7.86. The van der Waals surface area contributed by atoms with E-state index in [9.17, 15) is 0 Å². The van der Waals surface area contributed by atoms with Crippen molar-refractivity contribution in [3.05, 3.63) is 48.2 Å². The van der Waals surface area contributed by atoms with Crippen LogP contribution in [0.1, 0.15) is 11.1 Å². The van der Waals surface area contributed by atoms with Gasteiger partial charge in [-0.1, -0.05) is 36.4 Å². The van der Waals surface area contributed by atoms with Crippen molar-refractivity contribution in [1.82, 2.24) is 0 Å². The fourth-order valence-electron chi connectivity index (χ4n) is 0.839. The highest BCUT2D eigenvalue weighted by Crippen LogP contribution is 2.03. The molecule has 0 N–H and O–H groups in total. The van der Waals surface area contributed by atoms with E-state index in [1.54, 1.807) is 0 Å². The minimum Gasteiger partial charge on any atom is -0.497 e. The summed E-state index contributed by atoms with van der Waals surface area (Å²) in [6.07, 6.45) is 1.46. The van der Waals surface area contributed by atoms with E-state index in [2.05, 4.69) is 37.8 Å². The van der Waals surface area contributed by atoms with Crippen molar-refractivity contribution in [3.63, 3.8) is 0 Å². The molecule has 58 valence electrons. The zero-order chi connectivity index (χ0) is 8.10. The standard InChI is InChI=1S/C10H12O/c1-3-11-8-10-6-4-9(2)5-7-10/h3-7H,1,8H2,2H3. The monoisotopic (exact) mass is 148 g/mol. The van der Waals surface area contributed by atoms with Gasteiger partial charge in [0, 0.05) is 0 Å². The first-order chi connectivity index (χ1) is 5.33. The molecule has 0 fully saturated rings. The van der Waals surface area contributed by atoms with Crippen LogP contribution in [0.3, 0.4) is 0 Å². The highest BCUT2D eigenvalue weighted by atomic mass is 16.5. The van der Waals surface area contributed by atoms with Gasteiger partial charge in [-0.15, -0.1) is 0 Å². The van der Waals surface area contributed by atoms with Crippen molar-refractivity contribution < 1.29 is 4.74 Å². The summed E-state index contributed by atoms with van der Waals surface area (Å²) < 4.78 is 5.02. The minimum atomic E-state index is 0.615. The Hall–Kier alpha value is -1.24. The number of rotatable bonds is 3. The molecule has 0 saturated carbocycles. The molecule has 11 heavy (non-hydrogen) atoms. The third-order valence-corrected chi connectivity index (χ3v) is 1.49. The molecule has 1 nitrogen and oxygen atoms in total. The topological polar surface area (TPSA) is 9.23 Å². The van der Waals surface area contributed by atoms with E-state index in [1.807, 2.05) is 0 Å². The molecule has 0 atom stereocenters. The van der Waals surface area contributed by atoms with Gasteiger partial charge in [-0.05, 0) is 12.5 Å². The van der Waals surface area contributed by atoms with Crippen LogP contribution in [0.4, 0.5) is 0 Å². The number of hydrogen-bond acceptors (Lipinski definition) is 1. The molecule has 0 aliphatic heterocycles. The summed E-state index contributed by atoms with van der Waals surface area (Å²) >= 11 is 0. The summed E-state index contributed by atoms with van der Waals surface area (Å²) in [5.41, 5.74) is 2.45. The molecule has 0 amide bonds. The van der Waals surface area contributed by atoms with Gasteiger partial charge in [0.2, 0.25) is 0 Å². The van der Waals surface area contributed by atoms with Crippen LogP contribution in [0.25, 0.3) is 0 Å². The van der Waals surface area contributed by atoms with Crippen molar-refractivity contribution in [2.45, 2.75) is 13.5 Å². The van der Waals surface area contributed by atoms with Gasteiger partial charge in [0.05, 0.1) is 6.26 Å². The second-order valence-electron chi connectivity index (χ2n) is 2.46. The molecule has 0 saturated heterocycles.